The van der Waals surface area contributed by atoms with Gasteiger partial charge in [0.05, 0.1) is 0 Å². The smallest absolute Gasteiger partial charge is 0.408 e. The van der Waals surface area contributed by atoms with Gasteiger partial charge in [0.2, 0.25) is 5.91 Å². The molecule has 0 radical (unpaired) electrons. The fourth-order valence-electron chi connectivity index (χ4n) is 4.28. The van der Waals surface area contributed by atoms with Gasteiger partial charge in [-0.15, -0.1) is 0 Å². The van der Waals surface area contributed by atoms with E-state index in [1.54, 1.807) is 25.7 Å². The summed E-state index contributed by atoms with van der Waals surface area (Å²) in [6.45, 7) is 13.0. The molecule has 7 nitrogen and oxygen atoms in total. The lowest BCUT2D eigenvalue weighted by molar-refractivity contribution is -0.139. The third-order valence-electron chi connectivity index (χ3n) is 5.98. The van der Waals surface area contributed by atoms with Gasteiger partial charge in [-0.05, 0) is 71.1 Å². The number of anilines is 1. The second kappa shape index (κ2) is 10.5. The van der Waals surface area contributed by atoms with Crippen molar-refractivity contribution in [2.24, 2.45) is 5.92 Å². The van der Waals surface area contributed by atoms with Gasteiger partial charge in [-0.3, -0.25) is 9.59 Å². The maximum atomic E-state index is 13.8. The molecule has 0 aliphatic heterocycles. The standard InChI is InChI=1S/C28H37N3O4/c1-17-12-18(2)14-21(13-17)25(26(33)30-22-11-9-8-10-19(22)3)31(23-15-20(23)4)24(32)16-29-27(34)35-28(5,6)7/h8-14,20,23,25H,15-16H2,1-7H3,(H,29,34)(H,30,33). The number of carbonyl (C=O) groups excluding carboxylic acids is 3. The van der Waals surface area contributed by atoms with Crippen LogP contribution in [0.3, 0.4) is 0 Å². The first-order valence-electron chi connectivity index (χ1n) is 12.1. The number of alkyl carbamates (subject to hydrolysis) is 1. The Hall–Kier alpha value is -3.35. The average Bonchev–Trinajstić information content (AvgIpc) is 3.45. The largest absolute Gasteiger partial charge is 0.444 e. The fourth-order valence-corrected chi connectivity index (χ4v) is 4.28. The van der Waals surface area contributed by atoms with Crippen LogP contribution in [0.4, 0.5) is 10.5 Å². The van der Waals surface area contributed by atoms with Crippen LogP contribution in [-0.4, -0.2) is 41.0 Å². The lowest BCUT2D eigenvalue weighted by Gasteiger charge is -2.32. The lowest BCUT2D eigenvalue weighted by atomic mass is 9.98. The molecule has 0 saturated heterocycles. The second-order valence-corrected chi connectivity index (χ2v) is 10.6. The summed E-state index contributed by atoms with van der Waals surface area (Å²) in [4.78, 5) is 41.1. The molecular formula is C28H37N3O4. The molecule has 1 aliphatic rings. The summed E-state index contributed by atoms with van der Waals surface area (Å²) < 4.78 is 5.28. The molecule has 0 spiro atoms. The van der Waals surface area contributed by atoms with Crippen LogP contribution >= 0.6 is 0 Å². The zero-order valence-corrected chi connectivity index (χ0v) is 21.8. The Morgan fingerprint density at radius 3 is 2.20 bits per heavy atom. The number of ether oxygens (including phenoxy) is 1. The number of hydrogen-bond donors (Lipinski definition) is 2. The number of benzene rings is 2. The van der Waals surface area contributed by atoms with Gasteiger partial charge in [-0.1, -0.05) is 54.4 Å². The first-order valence-corrected chi connectivity index (χ1v) is 12.1. The normalized spacial score (nSPS) is 17.8. The minimum atomic E-state index is -0.837. The molecule has 3 amide bonds. The number of hydrogen-bond acceptors (Lipinski definition) is 4. The zero-order valence-electron chi connectivity index (χ0n) is 21.8. The highest BCUT2D eigenvalue weighted by Gasteiger charge is 2.46. The van der Waals surface area contributed by atoms with E-state index < -0.39 is 17.7 Å². The molecule has 0 heterocycles. The fraction of sp³-hybridized carbons (Fsp3) is 0.464. The van der Waals surface area contributed by atoms with E-state index in [0.717, 1.165) is 28.7 Å². The Morgan fingerprint density at radius 2 is 1.66 bits per heavy atom. The van der Waals surface area contributed by atoms with Gasteiger partial charge in [0.1, 0.15) is 18.2 Å². The molecule has 7 heteroatoms. The van der Waals surface area contributed by atoms with E-state index in [0.29, 0.717) is 5.69 Å². The molecule has 3 atom stereocenters. The number of nitrogens with zero attached hydrogens (tertiary/aromatic N) is 1. The predicted molar refractivity (Wildman–Crippen MR) is 137 cm³/mol. The van der Waals surface area contributed by atoms with Crippen molar-refractivity contribution in [3.8, 4) is 0 Å². The highest BCUT2D eigenvalue weighted by molar-refractivity contribution is 5.99. The molecule has 2 aromatic carbocycles. The van der Waals surface area contributed by atoms with Gasteiger partial charge < -0.3 is 20.3 Å². The van der Waals surface area contributed by atoms with E-state index in [1.807, 2.05) is 63.2 Å². The number of para-hydroxylation sites is 1. The number of nitrogens with one attached hydrogen (secondary N) is 2. The van der Waals surface area contributed by atoms with Crippen LogP contribution in [0, 0.1) is 26.7 Å². The Balaban J connectivity index is 1.94. The maximum absolute atomic E-state index is 13.8. The summed E-state index contributed by atoms with van der Waals surface area (Å²) in [5.74, 6) is -0.344. The molecule has 35 heavy (non-hydrogen) atoms. The van der Waals surface area contributed by atoms with E-state index in [4.69, 9.17) is 4.74 Å². The van der Waals surface area contributed by atoms with Crippen LogP contribution in [0.25, 0.3) is 0 Å². The van der Waals surface area contributed by atoms with Crippen molar-refractivity contribution in [3.05, 3.63) is 64.7 Å². The van der Waals surface area contributed by atoms with E-state index in [-0.39, 0.29) is 30.3 Å². The van der Waals surface area contributed by atoms with Crippen LogP contribution < -0.4 is 10.6 Å². The molecule has 2 N–H and O–H groups in total. The Kier molecular flexibility index (Phi) is 7.88. The molecule has 3 rings (SSSR count). The van der Waals surface area contributed by atoms with Crippen molar-refractivity contribution in [3.63, 3.8) is 0 Å². The van der Waals surface area contributed by atoms with Crippen LogP contribution in [0.5, 0.6) is 0 Å². The monoisotopic (exact) mass is 479 g/mol. The van der Waals surface area contributed by atoms with Crippen LogP contribution in [0.2, 0.25) is 0 Å². The molecule has 2 aromatic rings. The van der Waals surface area contributed by atoms with Gasteiger partial charge >= 0.3 is 6.09 Å². The average molecular weight is 480 g/mol. The van der Waals surface area contributed by atoms with Gasteiger partial charge in [0.15, 0.2) is 0 Å². The van der Waals surface area contributed by atoms with Crippen molar-refractivity contribution in [1.82, 2.24) is 10.2 Å². The maximum Gasteiger partial charge on any atom is 0.408 e. The minimum absolute atomic E-state index is 0.0867. The van der Waals surface area contributed by atoms with E-state index in [2.05, 4.69) is 17.6 Å². The number of rotatable bonds is 7. The van der Waals surface area contributed by atoms with Gasteiger partial charge in [-0.2, -0.15) is 0 Å². The van der Waals surface area contributed by atoms with E-state index in [9.17, 15) is 14.4 Å². The third-order valence-corrected chi connectivity index (χ3v) is 5.98. The Morgan fingerprint density at radius 1 is 1.06 bits per heavy atom. The molecule has 1 aliphatic carbocycles. The molecule has 1 saturated carbocycles. The summed E-state index contributed by atoms with van der Waals surface area (Å²) in [5.41, 5.74) is 3.73. The summed E-state index contributed by atoms with van der Waals surface area (Å²) in [7, 11) is 0. The summed E-state index contributed by atoms with van der Waals surface area (Å²) >= 11 is 0. The van der Waals surface area contributed by atoms with Crippen molar-refractivity contribution in [2.45, 2.75) is 72.6 Å². The Bertz CT molecular complexity index is 1090. The van der Waals surface area contributed by atoms with Crippen molar-refractivity contribution in [1.29, 1.82) is 0 Å². The molecular weight excluding hydrogens is 442 g/mol. The number of amides is 3. The van der Waals surface area contributed by atoms with Gasteiger partial charge in [-0.25, -0.2) is 4.79 Å². The van der Waals surface area contributed by atoms with Crippen LogP contribution in [0.15, 0.2) is 42.5 Å². The lowest BCUT2D eigenvalue weighted by Crippen LogP contribution is -2.48. The van der Waals surface area contributed by atoms with Gasteiger partial charge in [0.25, 0.3) is 5.91 Å². The summed E-state index contributed by atoms with van der Waals surface area (Å²) in [6, 6.07) is 12.6. The van der Waals surface area contributed by atoms with E-state index >= 15 is 0 Å². The first-order chi connectivity index (χ1) is 16.4. The molecule has 1 fully saturated rings. The van der Waals surface area contributed by atoms with Crippen LogP contribution in [-0.2, 0) is 14.3 Å². The summed E-state index contributed by atoms with van der Waals surface area (Å²) in [5, 5.41) is 5.59. The van der Waals surface area contributed by atoms with Crippen molar-refractivity contribution < 1.29 is 19.1 Å². The van der Waals surface area contributed by atoms with Crippen LogP contribution in [0.1, 0.15) is 62.4 Å². The van der Waals surface area contributed by atoms with Crippen molar-refractivity contribution in [2.75, 3.05) is 11.9 Å². The highest BCUT2D eigenvalue weighted by Crippen LogP contribution is 2.41. The van der Waals surface area contributed by atoms with Crippen molar-refractivity contribution >= 4 is 23.6 Å². The first kappa shape index (κ1) is 26.3. The SMILES string of the molecule is Cc1cc(C)cc(C(C(=O)Nc2ccccc2C)N(C(=O)CNC(=O)OC(C)(C)C)C2CC2C)c1. The summed E-state index contributed by atoms with van der Waals surface area (Å²) in [6.07, 6.45) is 0.138. The molecule has 188 valence electrons. The predicted octanol–water partition coefficient (Wildman–Crippen LogP) is 5.05. The molecule has 3 unspecified atom stereocenters. The highest BCUT2D eigenvalue weighted by atomic mass is 16.6. The number of carbonyl (C=O) groups is 3. The van der Waals surface area contributed by atoms with Gasteiger partial charge in [0, 0.05) is 11.7 Å². The zero-order chi connectivity index (χ0) is 25.9. The minimum Gasteiger partial charge on any atom is -0.444 e. The molecule has 0 aromatic heterocycles. The quantitative estimate of drug-likeness (QED) is 0.582. The van der Waals surface area contributed by atoms with E-state index in [1.165, 1.54) is 0 Å². The Labute approximate surface area is 208 Å². The topological polar surface area (TPSA) is 87.7 Å². The third kappa shape index (κ3) is 7.07. The number of aryl methyl sites for hydroxylation is 3. The second-order valence-electron chi connectivity index (χ2n) is 10.6. The molecule has 0 bridgehead atoms.